The van der Waals surface area contributed by atoms with Crippen molar-refractivity contribution in [3.8, 4) is 5.75 Å². The van der Waals surface area contributed by atoms with Crippen molar-refractivity contribution in [3.63, 3.8) is 0 Å². The van der Waals surface area contributed by atoms with E-state index in [0.29, 0.717) is 17.8 Å². The molecule has 2 rings (SSSR count). The Morgan fingerprint density at radius 1 is 0.943 bits per heavy atom. The predicted octanol–water partition coefficient (Wildman–Crippen LogP) is 3.85. The van der Waals surface area contributed by atoms with Crippen LogP contribution in [0.3, 0.4) is 0 Å². The number of amides is 2. The molecule has 8 nitrogen and oxygen atoms in total. The molecule has 35 heavy (non-hydrogen) atoms. The van der Waals surface area contributed by atoms with Crippen LogP contribution < -0.4 is 20.1 Å². The molecule has 0 saturated heterocycles. The molecule has 0 aliphatic heterocycles. The van der Waals surface area contributed by atoms with Gasteiger partial charge >= 0.3 is 0 Å². The number of methoxy groups -OCH3 is 1. The van der Waals surface area contributed by atoms with Gasteiger partial charge in [0.1, 0.15) is 5.75 Å². The van der Waals surface area contributed by atoms with Gasteiger partial charge in [-0.05, 0) is 67.0 Å². The second kappa shape index (κ2) is 17.3. The summed E-state index contributed by atoms with van der Waals surface area (Å²) in [6, 6.07) is 13.2. The lowest BCUT2D eigenvalue weighted by atomic mass is 10.2. The number of hydrogen-bond donors (Lipinski definition) is 3. The van der Waals surface area contributed by atoms with Gasteiger partial charge in [0, 0.05) is 42.8 Å². The molecule has 0 spiro atoms. The van der Waals surface area contributed by atoms with Gasteiger partial charge in [-0.2, -0.15) is 23.5 Å². The van der Waals surface area contributed by atoms with Gasteiger partial charge in [-0.25, -0.2) is 13.1 Å². The van der Waals surface area contributed by atoms with Gasteiger partial charge < -0.3 is 15.4 Å². The number of carbonyl (C=O) groups excluding carboxylic acids is 2. The molecule has 2 aromatic carbocycles. The number of benzene rings is 2. The van der Waals surface area contributed by atoms with E-state index in [1.165, 1.54) is 25.5 Å². The Hall–Kier alpha value is -2.21. The lowest BCUT2D eigenvalue weighted by Crippen LogP contribution is -2.25. The molecule has 0 atom stereocenters. The highest BCUT2D eigenvalue weighted by molar-refractivity contribution is 7.99. The van der Waals surface area contributed by atoms with Crippen molar-refractivity contribution >= 4 is 51.0 Å². The summed E-state index contributed by atoms with van der Waals surface area (Å²) in [5.41, 5.74) is 1.25. The van der Waals surface area contributed by atoms with E-state index in [4.69, 9.17) is 4.74 Å². The summed E-state index contributed by atoms with van der Waals surface area (Å²) in [6.07, 6.45) is 3.09. The third-order valence-corrected chi connectivity index (χ3v) is 7.59. The van der Waals surface area contributed by atoms with E-state index < -0.39 is 10.0 Å². The standard InChI is InChI=1S/C13H19NO2S.C11H16N2O3S2/c1-3-9-17-10-8-14-13(15)11-4-6-12(16-2)7-5-11;1-9(14)13-10-3-5-11(6-4-10)18(15,16)12-7-8-17-2/h4-7H,3,8-10H2,1-2H3,(H,14,15);3-6,12H,7-8H2,1-2H3,(H,13,14). The largest absolute Gasteiger partial charge is 0.497 e. The number of anilines is 1. The Morgan fingerprint density at radius 2 is 1.60 bits per heavy atom. The first-order chi connectivity index (χ1) is 16.7. The zero-order valence-corrected chi connectivity index (χ0v) is 23.1. The monoisotopic (exact) mass is 541 g/mol. The normalized spacial score (nSPS) is 10.6. The van der Waals surface area contributed by atoms with E-state index in [9.17, 15) is 18.0 Å². The molecule has 11 heteroatoms. The molecule has 0 aromatic heterocycles. The quantitative estimate of drug-likeness (QED) is 0.330. The number of carbonyl (C=O) groups is 2. The van der Waals surface area contributed by atoms with E-state index in [0.717, 1.165) is 29.6 Å². The summed E-state index contributed by atoms with van der Waals surface area (Å²) in [4.78, 5) is 22.7. The van der Waals surface area contributed by atoms with Crippen molar-refractivity contribution < 1.29 is 22.7 Å². The molecule has 0 aliphatic carbocycles. The molecule has 0 unspecified atom stereocenters. The van der Waals surface area contributed by atoms with Gasteiger partial charge in [-0.15, -0.1) is 0 Å². The topological polar surface area (TPSA) is 114 Å². The summed E-state index contributed by atoms with van der Waals surface area (Å²) in [5.74, 6) is 3.39. The van der Waals surface area contributed by atoms with Crippen LogP contribution in [0.2, 0.25) is 0 Å². The number of thioether (sulfide) groups is 2. The smallest absolute Gasteiger partial charge is 0.251 e. The highest BCUT2D eigenvalue weighted by atomic mass is 32.2. The van der Waals surface area contributed by atoms with Gasteiger partial charge in [0.15, 0.2) is 0 Å². The lowest BCUT2D eigenvalue weighted by molar-refractivity contribution is -0.114. The molecule has 0 bridgehead atoms. The SMILES string of the molecule is CCCSCCNC(=O)c1ccc(OC)cc1.CSCCNS(=O)(=O)c1ccc(NC(C)=O)cc1. The molecular formula is C24H35N3O5S3. The maximum Gasteiger partial charge on any atom is 0.251 e. The maximum absolute atomic E-state index is 11.8. The van der Waals surface area contributed by atoms with E-state index >= 15 is 0 Å². The van der Waals surface area contributed by atoms with E-state index in [1.807, 2.05) is 18.0 Å². The van der Waals surface area contributed by atoms with Crippen LogP contribution in [-0.4, -0.2) is 63.9 Å². The van der Waals surface area contributed by atoms with Gasteiger partial charge in [-0.3, -0.25) is 9.59 Å². The third kappa shape index (κ3) is 12.9. The fourth-order valence-electron chi connectivity index (χ4n) is 2.61. The summed E-state index contributed by atoms with van der Waals surface area (Å²) in [5, 5.41) is 5.47. The molecule has 0 aliphatic rings. The number of nitrogens with one attached hydrogen (secondary N) is 3. The van der Waals surface area contributed by atoms with Gasteiger partial charge in [0.2, 0.25) is 15.9 Å². The lowest BCUT2D eigenvalue weighted by Gasteiger charge is -2.07. The maximum atomic E-state index is 11.8. The Balaban J connectivity index is 0.000000351. The van der Waals surface area contributed by atoms with E-state index in [-0.39, 0.29) is 16.7 Å². The molecule has 194 valence electrons. The minimum Gasteiger partial charge on any atom is -0.497 e. The minimum absolute atomic E-state index is 0.0234. The van der Waals surface area contributed by atoms with Crippen LogP contribution in [0.4, 0.5) is 5.69 Å². The van der Waals surface area contributed by atoms with Crippen molar-refractivity contribution in [1.82, 2.24) is 10.0 Å². The highest BCUT2D eigenvalue weighted by Crippen LogP contribution is 2.14. The average Bonchev–Trinajstić information content (AvgIpc) is 2.84. The number of ether oxygens (including phenoxy) is 1. The molecule has 0 saturated carbocycles. The van der Waals surface area contributed by atoms with Crippen molar-refractivity contribution in [2.45, 2.75) is 25.2 Å². The zero-order valence-electron chi connectivity index (χ0n) is 20.6. The van der Waals surface area contributed by atoms with Crippen molar-refractivity contribution in [2.75, 3.05) is 49.0 Å². The third-order valence-electron chi connectivity index (χ3n) is 4.32. The molecule has 2 amide bonds. The molecule has 0 radical (unpaired) electrons. The fraction of sp³-hybridized carbons (Fsp3) is 0.417. The Bertz CT molecular complexity index is 998. The van der Waals surface area contributed by atoms with Crippen LogP contribution >= 0.6 is 23.5 Å². The van der Waals surface area contributed by atoms with Crippen LogP contribution in [-0.2, 0) is 14.8 Å². The number of rotatable bonds is 13. The summed E-state index contributed by atoms with van der Waals surface area (Å²) >= 11 is 3.43. The molecule has 2 aromatic rings. The Labute approximate surface area is 217 Å². The molecular weight excluding hydrogens is 506 g/mol. The van der Waals surface area contributed by atoms with Crippen LogP contribution in [0.1, 0.15) is 30.6 Å². The van der Waals surface area contributed by atoms with Crippen molar-refractivity contribution in [2.24, 2.45) is 0 Å². The van der Waals surface area contributed by atoms with E-state index in [1.54, 1.807) is 55.3 Å². The van der Waals surface area contributed by atoms with Gasteiger partial charge in [0.25, 0.3) is 5.91 Å². The van der Waals surface area contributed by atoms with E-state index in [2.05, 4.69) is 22.3 Å². The Kier molecular flexibility index (Phi) is 15.2. The first-order valence-corrected chi connectivity index (χ1v) is 15.1. The second-order valence-electron chi connectivity index (χ2n) is 7.19. The van der Waals surface area contributed by atoms with Crippen LogP contribution in [0.15, 0.2) is 53.4 Å². The predicted molar refractivity (Wildman–Crippen MR) is 147 cm³/mol. The molecule has 3 N–H and O–H groups in total. The summed E-state index contributed by atoms with van der Waals surface area (Å²) in [7, 11) is -1.84. The fourth-order valence-corrected chi connectivity index (χ4v) is 4.82. The van der Waals surface area contributed by atoms with Crippen LogP contribution in [0.5, 0.6) is 5.75 Å². The zero-order chi connectivity index (χ0) is 26.1. The van der Waals surface area contributed by atoms with Crippen molar-refractivity contribution in [3.05, 3.63) is 54.1 Å². The minimum atomic E-state index is -3.45. The van der Waals surface area contributed by atoms with Gasteiger partial charge in [-0.1, -0.05) is 6.92 Å². The summed E-state index contributed by atoms with van der Waals surface area (Å²) < 4.78 is 31.2. The number of sulfonamides is 1. The second-order valence-corrected chi connectivity index (χ2v) is 11.2. The van der Waals surface area contributed by atoms with Crippen LogP contribution in [0.25, 0.3) is 0 Å². The van der Waals surface area contributed by atoms with Crippen molar-refractivity contribution in [1.29, 1.82) is 0 Å². The highest BCUT2D eigenvalue weighted by Gasteiger charge is 2.12. The molecule has 0 fully saturated rings. The summed E-state index contributed by atoms with van der Waals surface area (Å²) in [6.45, 7) is 4.67. The number of hydrogen-bond acceptors (Lipinski definition) is 7. The first-order valence-electron chi connectivity index (χ1n) is 11.1. The Morgan fingerprint density at radius 3 is 2.14 bits per heavy atom. The first kappa shape index (κ1) is 30.8. The van der Waals surface area contributed by atoms with Gasteiger partial charge in [0.05, 0.1) is 12.0 Å². The average molecular weight is 542 g/mol. The van der Waals surface area contributed by atoms with Crippen LogP contribution in [0, 0.1) is 0 Å². The molecule has 0 heterocycles.